The van der Waals surface area contributed by atoms with Gasteiger partial charge in [0.2, 0.25) is 0 Å². The Hall–Kier alpha value is -2.53. The molecule has 1 aliphatic heterocycles. The largest absolute Gasteiger partial charge is 0.478 e. The third-order valence-electron chi connectivity index (χ3n) is 6.42. The van der Waals surface area contributed by atoms with Crippen molar-refractivity contribution < 1.29 is 9.90 Å². The quantitative estimate of drug-likeness (QED) is 0.712. The lowest BCUT2D eigenvalue weighted by atomic mass is 9.95. The molecule has 0 aliphatic carbocycles. The first kappa shape index (κ1) is 18.8. The van der Waals surface area contributed by atoms with Crippen molar-refractivity contribution in [2.75, 3.05) is 13.1 Å². The fraction of sp³-hybridized carbons (Fsp3) is 0.435. The lowest BCUT2D eigenvalue weighted by molar-refractivity contribution is 0.0695. The lowest BCUT2D eigenvalue weighted by Gasteiger charge is -2.36. The van der Waals surface area contributed by atoms with Crippen molar-refractivity contribution in [1.29, 1.82) is 0 Å². The van der Waals surface area contributed by atoms with Crippen LogP contribution in [0.4, 0.5) is 0 Å². The standard InChI is InChI=1S/C23H29N3O2/c1-15-7-10-25(11-8-15)17(3)22-16(2)20(23(27)28)13-19-12-18(14-26(19)22)21-6-5-9-24(21)4/h5-6,9,12-15,17H,7-8,10-11H2,1-4H3,(H,27,28). The van der Waals surface area contributed by atoms with Crippen molar-refractivity contribution in [3.05, 3.63) is 53.5 Å². The summed E-state index contributed by atoms with van der Waals surface area (Å²) in [6.07, 6.45) is 6.59. The first-order valence-corrected chi connectivity index (χ1v) is 10.1. The number of rotatable bonds is 4. The Bertz CT molecular complexity index is 1020. The van der Waals surface area contributed by atoms with E-state index in [1.807, 2.05) is 26.2 Å². The van der Waals surface area contributed by atoms with Gasteiger partial charge in [-0.1, -0.05) is 6.92 Å². The SMILES string of the molecule is Cc1c(C(=O)O)cc2cc(-c3cccn3C)cn2c1C(C)N1CCC(C)CC1. The number of hydrogen-bond acceptors (Lipinski definition) is 2. The first-order chi connectivity index (χ1) is 13.4. The zero-order chi connectivity index (χ0) is 20.0. The highest BCUT2D eigenvalue weighted by Crippen LogP contribution is 2.33. The monoisotopic (exact) mass is 379 g/mol. The van der Waals surface area contributed by atoms with Crippen LogP contribution in [0.2, 0.25) is 0 Å². The number of aromatic nitrogens is 2. The number of carboxylic acid groups (broad SMARTS) is 1. The summed E-state index contributed by atoms with van der Waals surface area (Å²) in [5.74, 6) is -0.0900. The maximum atomic E-state index is 11.9. The minimum atomic E-state index is -0.859. The van der Waals surface area contributed by atoms with E-state index in [1.54, 1.807) is 6.07 Å². The molecule has 5 nitrogen and oxygen atoms in total. The van der Waals surface area contributed by atoms with Gasteiger partial charge in [0.1, 0.15) is 0 Å². The van der Waals surface area contributed by atoms with E-state index in [9.17, 15) is 9.90 Å². The topological polar surface area (TPSA) is 49.9 Å². The average Bonchev–Trinajstić information content (AvgIpc) is 3.26. The number of fused-ring (bicyclic) bond motifs is 1. The highest BCUT2D eigenvalue weighted by Gasteiger charge is 2.26. The zero-order valence-corrected chi connectivity index (χ0v) is 17.1. The molecule has 4 rings (SSSR count). The molecule has 1 fully saturated rings. The molecular weight excluding hydrogens is 350 g/mol. The number of pyridine rings is 1. The molecule has 148 valence electrons. The highest BCUT2D eigenvalue weighted by atomic mass is 16.4. The van der Waals surface area contributed by atoms with E-state index in [0.717, 1.165) is 47.0 Å². The number of nitrogens with zero attached hydrogens (tertiary/aromatic N) is 3. The van der Waals surface area contributed by atoms with Gasteiger partial charge in [-0.2, -0.15) is 0 Å². The Morgan fingerprint density at radius 3 is 2.57 bits per heavy atom. The average molecular weight is 380 g/mol. The molecule has 1 saturated heterocycles. The third kappa shape index (κ3) is 3.14. The maximum Gasteiger partial charge on any atom is 0.336 e. The summed E-state index contributed by atoms with van der Waals surface area (Å²) in [7, 11) is 2.03. The fourth-order valence-electron chi connectivity index (χ4n) is 4.60. The van der Waals surface area contributed by atoms with Crippen molar-refractivity contribution in [2.45, 2.75) is 39.7 Å². The summed E-state index contributed by atoms with van der Waals surface area (Å²) in [6.45, 7) is 8.60. The molecule has 1 N–H and O–H groups in total. The van der Waals surface area contributed by atoms with E-state index >= 15 is 0 Å². The predicted octanol–water partition coefficient (Wildman–Crippen LogP) is 4.74. The first-order valence-electron chi connectivity index (χ1n) is 10.1. The summed E-state index contributed by atoms with van der Waals surface area (Å²) < 4.78 is 4.29. The van der Waals surface area contributed by atoms with E-state index in [-0.39, 0.29) is 6.04 Å². The minimum Gasteiger partial charge on any atom is -0.478 e. The molecule has 0 bridgehead atoms. The molecule has 1 atom stereocenters. The molecule has 3 aromatic rings. The van der Waals surface area contributed by atoms with Crippen LogP contribution in [0, 0.1) is 12.8 Å². The van der Waals surface area contributed by atoms with Crippen LogP contribution in [0.3, 0.4) is 0 Å². The number of aryl methyl sites for hydroxylation is 1. The van der Waals surface area contributed by atoms with Gasteiger partial charge in [-0.25, -0.2) is 4.79 Å². The Labute approximate surface area is 166 Å². The minimum absolute atomic E-state index is 0.169. The van der Waals surface area contributed by atoms with Crippen LogP contribution in [-0.2, 0) is 7.05 Å². The molecule has 3 aromatic heterocycles. The van der Waals surface area contributed by atoms with Crippen LogP contribution in [-0.4, -0.2) is 38.0 Å². The summed E-state index contributed by atoms with van der Waals surface area (Å²) >= 11 is 0. The van der Waals surface area contributed by atoms with E-state index in [0.29, 0.717) is 5.56 Å². The van der Waals surface area contributed by atoms with E-state index in [2.05, 4.69) is 46.0 Å². The van der Waals surface area contributed by atoms with Crippen LogP contribution in [0.5, 0.6) is 0 Å². The lowest BCUT2D eigenvalue weighted by Crippen LogP contribution is -2.36. The molecule has 1 aliphatic rings. The second kappa shape index (κ2) is 7.13. The van der Waals surface area contributed by atoms with E-state index < -0.39 is 5.97 Å². The molecule has 0 radical (unpaired) electrons. The van der Waals surface area contributed by atoms with Crippen molar-refractivity contribution >= 4 is 11.5 Å². The summed E-state index contributed by atoms with van der Waals surface area (Å²) in [6, 6.07) is 8.19. The second-order valence-corrected chi connectivity index (χ2v) is 8.30. The summed E-state index contributed by atoms with van der Waals surface area (Å²) in [4.78, 5) is 14.4. The van der Waals surface area contributed by atoms with Crippen molar-refractivity contribution in [2.24, 2.45) is 13.0 Å². The normalized spacial score (nSPS) is 17.3. The van der Waals surface area contributed by atoms with Gasteiger partial charge >= 0.3 is 5.97 Å². The van der Waals surface area contributed by atoms with Crippen LogP contribution in [0.25, 0.3) is 16.8 Å². The van der Waals surface area contributed by atoms with Crippen molar-refractivity contribution in [3.8, 4) is 11.3 Å². The highest BCUT2D eigenvalue weighted by molar-refractivity contribution is 5.91. The number of carboxylic acids is 1. The predicted molar refractivity (Wildman–Crippen MR) is 112 cm³/mol. The fourth-order valence-corrected chi connectivity index (χ4v) is 4.60. The van der Waals surface area contributed by atoms with Gasteiger partial charge in [-0.05, 0) is 75.5 Å². The Kier molecular flexibility index (Phi) is 4.79. The maximum absolute atomic E-state index is 11.9. The summed E-state index contributed by atoms with van der Waals surface area (Å²) in [5.41, 5.74) is 5.52. The molecular formula is C23H29N3O2. The Morgan fingerprint density at radius 2 is 1.96 bits per heavy atom. The van der Waals surface area contributed by atoms with Gasteiger partial charge in [-0.3, -0.25) is 4.90 Å². The van der Waals surface area contributed by atoms with Crippen LogP contribution < -0.4 is 0 Å². The molecule has 1 unspecified atom stereocenters. The van der Waals surface area contributed by atoms with E-state index in [1.165, 1.54) is 12.8 Å². The smallest absolute Gasteiger partial charge is 0.336 e. The Balaban J connectivity index is 1.87. The number of likely N-dealkylation sites (tertiary alicyclic amines) is 1. The molecule has 28 heavy (non-hydrogen) atoms. The van der Waals surface area contributed by atoms with Gasteiger partial charge in [0.25, 0.3) is 0 Å². The van der Waals surface area contributed by atoms with Gasteiger partial charge in [-0.15, -0.1) is 0 Å². The van der Waals surface area contributed by atoms with Crippen LogP contribution in [0.15, 0.2) is 36.7 Å². The third-order valence-corrected chi connectivity index (χ3v) is 6.42. The molecule has 5 heteroatoms. The number of aromatic carboxylic acids is 1. The number of carbonyl (C=O) groups is 1. The van der Waals surface area contributed by atoms with Crippen molar-refractivity contribution in [1.82, 2.24) is 13.9 Å². The van der Waals surface area contributed by atoms with E-state index in [4.69, 9.17) is 0 Å². The van der Waals surface area contributed by atoms with Crippen molar-refractivity contribution in [3.63, 3.8) is 0 Å². The molecule has 4 heterocycles. The molecule has 0 aromatic carbocycles. The van der Waals surface area contributed by atoms with Gasteiger partial charge < -0.3 is 14.1 Å². The summed E-state index contributed by atoms with van der Waals surface area (Å²) in [5, 5.41) is 9.78. The van der Waals surface area contributed by atoms with Crippen LogP contribution >= 0.6 is 0 Å². The van der Waals surface area contributed by atoms with Crippen LogP contribution in [0.1, 0.15) is 54.3 Å². The molecule has 0 spiro atoms. The number of piperidine rings is 1. The van der Waals surface area contributed by atoms with Gasteiger partial charge in [0.05, 0.1) is 5.56 Å². The van der Waals surface area contributed by atoms with Gasteiger partial charge in [0.15, 0.2) is 0 Å². The zero-order valence-electron chi connectivity index (χ0n) is 17.1. The Morgan fingerprint density at radius 1 is 1.25 bits per heavy atom. The van der Waals surface area contributed by atoms with Gasteiger partial charge in [0, 0.05) is 48.0 Å². The molecule has 0 amide bonds. The number of hydrogen-bond donors (Lipinski definition) is 1. The second-order valence-electron chi connectivity index (χ2n) is 8.30. The molecule has 0 saturated carbocycles.